The maximum Gasteiger partial charge on any atom is 0.447 e. The van der Waals surface area contributed by atoms with Gasteiger partial charge in [-0.3, -0.25) is 4.84 Å². The van der Waals surface area contributed by atoms with E-state index in [1.807, 2.05) is 11.6 Å². The molecule has 0 spiro atoms. The third-order valence-corrected chi connectivity index (χ3v) is 4.57. The highest BCUT2D eigenvalue weighted by Crippen LogP contribution is 2.15. The smallest absolute Gasteiger partial charge is 0.297 e. The Labute approximate surface area is 124 Å². The standard InChI is InChI=1S/C14H18N2O4S/c1-11-7-9-13(10-8-11)21(18,19)16-14(17)20-15-12-5-3-2-4-6-12/h7-10H,2-6H2,1H3,(H,16,17). The molecule has 1 aliphatic carbocycles. The van der Waals surface area contributed by atoms with Crippen molar-refractivity contribution in [2.24, 2.45) is 5.16 Å². The number of sulfonamides is 1. The molecule has 1 saturated carbocycles. The Bertz CT molecular complexity index is 627. The molecule has 0 radical (unpaired) electrons. The van der Waals surface area contributed by atoms with E-state index in [1.54, 1.807) is 12.1 Å². The predicted octanol–water partition coefficient (Wildman–Crippen LogP) is 2.73. The summed E-state index contributed by atoms with van der Waals surface area (Å²) < 4.78 is 25.7. The van der Waals surface area contributed by atoms with Crippen molar-refractivity contribution in [2.45, 2.75) is 43.9 Å². The molecule has 1 fully saturated rings. The number of rotatable bonds is 3. The highest BCUT2D eigenvalue weighted by molar-refractivity contribution is 7.90. The van der Waals surface area contributed by atoms with Crippen LogP contribution in [0.1, 0.15) is 37.7 Å². The van der Waals surface area contributed by atoms with E-state index in [4.69, 9.17) is 0 Å². The Morgan fingerprint density at radius 1 is 1.14 bits per heavy atom. The van der Waals surface area contributed by atoms with E-state index in [0.717, 1.165) is 43.4 Å². The van der Waals surface area contributed by atoms with Crippen LogP contribution >= 0.6 is 0 Å². The second-order valence-electron chi connectivity index (χ2n) is 5.02. The van der Waals surface area contributed by atoms with Gasteiger partial charge < -0.3 is 0 Å². The minimum absolute atomic E-state index is 0.00960. The van der Waals surface area contributed by atoms with Gasteiger partial charge in [-0.2, -0.15) is 0 Å². The number of hydrogen-bond donors (Lipinski definition) is 1. The summed E-state index contributed by atoms with van der Waals surface area (Å²) in [6, 6.07) is 6.17. The van der Waals surface area contributed by atoms with E-state index in [0.29, 0.717) is 0 Å². The molecular formula is C14H18N2O4S. The second-order valence-corrected chi connectivity index (χ2v) is 6.70. The minimum Gasteiger partial charge on any atom is -0.297 e. The number of benzene rings is 1. The lowest BCUT2D eigenvalue weighted by atomic mass is 9.99. The molecular weight excluding hydrogens is 292 g/mol. The quantitative estimate of drug-likeness (QED) is 0.687. The Morgan fingerprint density at radius 2 is 1.76 bits per heavy atom. The monoisotopic (exact) mass is 310 g/mol. The van der Waals surface area contributed by atoms with Crippen molar-refractivity contribution >= 4 is 21.8 Å². The molecule has 0 unspecified atom stereocenters. The molecule has 0 aromatic heterocycles. The van der Waals surface area contributed by atoms with Gasteiger partial charge in [0, 0.05) is 0 Å². The van der Waals surface area contributed by atoms with Crippen LogP contribution in [-0.2, 0) is 14.9 Å². The van der Waals surface area contributed by atoms with Crippen LogP contribution in [0.5, 0.6) is 0 Å². The first-order valence-electron chi connectivity index (χ1n) is 6.83. The molecule has 114 valence electrons. The van der Waals surface area contributed by atoms with Crippen LogP contribution in [0, 0.1) is 6.92 Å². The third-order valence-electron chi connectivity index (χ3n) is 3.24. The van der Waals surface area contributed by atoms with Crippen molar-refractivity contribution in [3.63, 3.8) is 0 Å². The largest absolute Gasteiger partial charge is 0.447 e. The van der Waals surface area contributed by atoms with Crippen molar-refractivity contribution in [3.8, 4) is 0 Å². The molecule has 2 rings (SSSR count). The fraction of sp³-hybridized carbons (Fsp3) is 0.429. The Morgan fingerprint density at radius 3 is 2.38 bits per heavy atom. The lowest BCUT2D eigenvalue weighted by Gasteiger charge is -2.11. The first-order valence-corrected chi connectivity index (χ1v) is 8.32. The van der Waals surface area contributed by atoms with E-state index in [1.165, 1.54) is 12.1 Å². The highest BCUT2D eigenvalue weighted by Gasteiger charge is 2.19. The van der Waals surface area contributed by atoms with Crippen molar-refractivity contribution in [1.29, 1.82) is 0 Å². The van der Waals surface area contributed by atoms with Gasteiger partial charge in [0.1, 0.15) is 0 Å². The molecule has 7 heteroatoms. The SMILES string of the molecule is Cc1ccc(S(=O)(=O)NC(=O)ON=C2CCCCC2)cc1. The number of nitrogens with one attached hydrogen (secondary N) is 1. The van der Waals surface area contributed by atoms with Gasteiger partial charge in [-0.15, -0.1) is 0 Å². The zero-order valence-corrected chi connectivity index (χ0v) is 12.6. The molecule has 0 heterocycles. The molecule has 0 bridgehead atoms. The Kier molecular flexibility index (Phi) is 4.95. The molecule has 0 aliphatic heterocycles. The number of oxime groups is 1. The number of hydrogen-bond acceptors (Lipinski definition) is 5. The maximum atomic E-state index is 11.9. The number of nitrogens with zero attached hydrogens (tertiary/aromatic N) is 1. The average molecular weight is 310 g/mol. The number of aryl methyl sites for hydroxylation is 1. The van der Waals surface area contributed by atoms with Crippen LogP contribution in [0.25, 0.3) is 0 Å². The summed E-state index contributed by atoms with van der Waals surface area (Å²) in [5, 5.41) is 3.72. The first-order chi connectivity index (χ1) is 9.97. The molecule has 1 aromatic rings. The zero-order valence-electron chi connectivity index (χ0n) is 11.8. The molecule has 6 nitrogen and oxygen atoms in total. The van der Waals surface area contributed by atoms with E-state index < -0.39 is 16.1 Å². The van der Waals surface area contributed by atoms with E-state index in [2.05, 4.69) is 9.99 Å². The maximum absolute atomic E-state index is 11.9. The Balaban J connectivity index is 1.96. The summed E-state index contributed by atoms with van der Waals surface area (Å²) in [6.07, 6.45) is 3.67. The molecule has 1 amide bonds. The topological polar surface area (TPSA) is 84.8 Å². The molecule has 1 aliphatic rings. The number of amides is 1. The first kappa shape index (κ1) is 15.5. The van der Waals surface area contributed by atoms with Crippen LogP contribution in [-0.4, -0.2) is 20.2 Å². The van der Waals surface area contributed by atoms with Crippen LogP contribution in [0.15, 0.2) is 34.3 Å². The molecule has 21 heavy (non-hydrogen) atoms. The fourth-order valence-corrected chi connectivity index (χ4v) is 2.93. The van der Waals surface area contributed by atoms with E-state index >= 15 is 0 Å². The van der Waals surface area contributed by atoms with E-state index in [9.17, 15) is 13.2 Å². The van der Waals surface area contributed by atoms with Crippen LogP contribution in [0.2, 0.25) is 0 Å². The minimum atomic E-state index is -3.92. The van der Waals surface area contributed by atoms with Crippen molar-refractivity contribution < 1.29 is 18.0 Å². The van der Waals surface area contributed by atoms with Crippen molar-refractivity contribution in [2.75, 3.05) is 0 Å². The van der Waals surface area contributed by atoms with Gasteiger partial charge in [0.25, 0.3) is 10.0 Å². The normalized spacial score (nSPS) is 15.4. The molecule has 1 N–H and O–H groups in total. The van der Waals surface area contributed by atoms with Gasteiger partial charge in [0.05, 0.1) is 10.6 Å². The van der Waals surface area contributed by atoms with Crippen molar-refractivity contribution in [1.82, 2.24) is 4.72 Å². The summed E-state index contributed by atoms with van der Waals surface area (Å²) in [6.45, 7) is 1.85. The highest BCUT2D eigenvalue weighted by atomic mass is 32.2. The van der Waals surface area contributed by atoms with Crippen LogP contribution in [0.4, 0.5) is 4.79 Å². The summed E-state index contributed by atoms with van der Waals surface area (Å²) in [4.78, 5) is 16.2. The lowest BCUT2D eigenvalue weighted by Crippen LogP contribution is -2.30. The zero-order chi connectivity index (χ0) is 15.3. The number of carbonyl (C=O) groups excluding carboxylic acids is 1. The molecule has 1 aromatic carbocycles. The van der Waals surface area contributed by atoms with Gasteiger partial charge in [-0.05, 0) is 44.7 Å². The third kappa shape index (κ3) is 4.56. The summed E-state index contributed by atoms with van der Waals surface area (Å²) in [5.74, 6) is 0. The van der Waals surface area contributed by atoms with Crippen LogP contribution in [0.3, 0.4) is 0 Å². The summed E-state index contributed by atoms with van der Waals surface area (Å²) in [5.41, 5.74) is 1.73. The van der Waals surface area contributed by atoms with Gasteiger partial charge in [-0.1, -0.05) is 29.3 Å². The van der Waals surface area contributed by atoms with Gasteiger partial charge >= 0.3 is 6.09 Å². The van der Waals surface area contributed by atoms with Gasteiger partial charge in [0.15, 0.2) is 0 Å². The van der Waals surface area contributed by atoms with Crippen molar-refractivity contribution in [3.05, 3.63) is 29.8 Å². The fourth-order valence-electron chi connectivity index (χ4n) is 2.06. The molecule has 0 atom stereocenters. The van der Waals surface area contributed by atoms with Crippen LogP contribution < -0.4 is 4.72 Å². The molecule has 0 saturated heterocycles. The van der Waals surface area contributed by atoms with Gasteiger partial charge in [-0.25, -0.2) is 17.9 Å². The van der Waals surface area contributed by atoms with E-state index in [-0.39, 0.29) is 4.90 Å². The predicted molar refractivity (Wildman–Crippen MR) is 78.5 cm³/mol. The number of carbonyl (C=O) groups is 1. The Hall–Kier alpha value is -1.89. The lowest BCUT2D eigenvalue weighted by molar-refractivity contribution is 0.156. The van der Waals surface area contributed by atoms with Gasteiger partial charge in [0.2, 0.25) is 0 Å². The average Bonchev–Trinajstić information content (AvgIpc) is 2.46. The summed E-state index contributed by atoms with van der Waals surface area (Å²) >= 11 is 0. The summed E-state index contributed by atoms with van der Waals surface area (Å²) in [7, 11) is -3.92. The second kappa shape index (κ2) is 6.71.